The number of hydrogen-bond donors (Lipinski definition) is 1. The second-order valence-corrected chi connectivity index (χ2v) is 6.96. The number of nitrogens with zero attached hydrogens (tertiary/aromatic N) is 2. The van der Waals surface area contributed by atoms with Crippen molar-refractivity contribution < 1.29 is 18.7 Å². The van der Waals surface area contributed by atoms with Crippen LogP contribution >= 0.6 is 11.8 Å². The molecule has 0 fully saturated rings. The number of thioether (sulfide) groups is 1. The average molecular weight is 397 g/mol. The number of benzene rings is 2. The molecule has 0 aliphatic heterocycles. The van der Waals surface area contributed by atoms with Gasteiger partial charge >= 0.3 is 0 Å². The topological polar surface area (TPSA) is 94.3 Å². The number of carbonyl (C=O) groups excluding carboxylic acids is 2. The molecule has 0 saturated heterocycles. The zero-order valence-electron chi connectivity index (χ0n) is 15.5. The Morgan fingerprint density at radius 3 is 2.46 bits per heavy atom. The lowest BCUT2D eigenvalue weighted by Gasteiger charge is -2.03. The summed E-state index contributed by atoms with van der Waals surface area (Å²) in [5.74, 6) is 0.995. The Kier molecular flexibility index (Phi) is 6.44. The van der Waals surface area contributed by atoms with E-state index < -0.39 is 0 Å². The quantitative estimate of drug-likeness (QED) is 0.455. The lowest BCUT2D eigenvalue weighted by molar-refractivity contribution is -0.114. The first kappa shape index (κ1) is 19.6. The minimum absolute atomic E-state index is 0.0740. The van der Waals surface area contributed by atoms with Crippen LogP contribution in [0.2, 0.25) is 0 Å². The number of aromatic nitrogens is 2. The lowest BCUT2D eigenvalue weighted by atomic mass is 10.1. The maximum Gasteiger partial charge on any atom is 0.277 e. The molecule has 0 saturated carbocycles. The van der Waals surface area contributed by atoms with E-state index in [1.54, 1.807) is 24.3 Å². The van der Waals surface area contributed by atoms with Crippen molar-refractivity contribution in [2.24, 2.45) is 0 Å². The van der Waals surface area contributed by atoms with Gasteiger partial charge in [0.25, 0.3) is 11.1 Å². The van der Waals surface area contributed by atoms with Crippen LogP contribution in [0.3, 0.4) is 0 Å². The molecule has 0 spiro atoms. The smallest absolute Gasteiger partial charge is 0.277 e. The van der Waals surface area contributed by atoms with E-state index in [1.807, 2.05) is 31.2 Å². The summed E-state index contributed by atoms with van der Waals surface area (Å²) in [6.07, 6.45) is 0. The molecule has 28 heavy (non-hydrogen) atoms. The summed E-state index contributed by atoms with van der Waals surface area (Å²) >= 11 is 1.17. The highest BCUT2D eigenvalue weighted by Gasteiger charge is 2.12. The number of aryl methyl sites for hydroxylation is 1. The number of ketones is 1. The number of nitrogens with one attached hydrogen (secondary N) is 1. The predicted octanol–water partition coefficient (Wildman–Crippen LogP) is 3.89. The Morgan fingerprint density at radius 2 is 1.79 bits per heavy atom. The zero-order valence-corrected chi connectivity index (χ0v) is 16.3. The first-order valence-corrected chi connectivity index (χ1v) is 9.53. The van der Waals surface area contributed by atoms with E-state index in [-0.39, 0.29) is 24.1 Å². The van der Waals surface area contributed by atoms with Crippen LogP contribution in [0, 0.1) is 6.92 Å². The van der Waals surface area contributed by atoms with Gasteiger partial charge in [-0.3, -0.25) is 9.59 Å². The molecule has 1 N–H and O–H groups in total. The largest absolute Gasteiger partial charge is 0.484 e. The third-order valence-corrected chi connectivity index (χ3v) is 4.50. The van der Waals surface area contributed by atoms with Crippen LogP contribution < -0.4 is 10.1 Å². The zero-order chi connectivity index (χ0) is 19.9. The molecule has 1 aromatic heterocycles. The minimum atomic E-state index is -0.159. The van der Waals surface area contributed by atoms with Gasteiger partial charge in [0.15, 0.2) is 12.4 Å². The number of anilines is 1. The van der Waals surface area contributed by atoms with Crippen LogP contribution in [0.25, 0.3) is 0 Å². The number of carbonyl (C=O) groups is 2. The van der Waals surface area contributed by atoms with Crippen molar-refractivity contribution >= 4 is 29.1 Å². The average Bonchev–Trinajstić information content (AvgIpc) is 3.14. The molecule has 0 unspecified atom stereocenters. The number of Topliss-reactive ketones (excluding diaryl/α,β-unsaturated/α-hetero) is 1. The van der Waals surface area contributed by atoms with Crippen LogP contribution in [0.5, 0.6) is 5.75 Å². The van der Waals surface area contributed by atoms with Gasteiger partial charge in [0.05, 0.1) is 5.75 Å². The third kappa shape index (κ3) is 5.68. The van der Waals surface area contributed by atoms with Gasteiger partial charge in [-0.1, -0.05) is 29.5 Å². The van der Waals surface area contributed by atoms with Crippen molar-refractivity contribution in [3.63, 3.8) is 0 Å². The second-order valence-electron chi connectivity index (χ2n) is 6.03. The van der Waals surface area contributed by atoms with Gasteiger partial charge in [-0.05, 0) is 43.3 Å². The van der Waals surface area contributed by atoms with Crippen LogP contribution in [0.1, 0.15) is 28.7 Å². The van der Waals surface area contributed by atoms with Gasteiger partial charge in [0.2, 0.25) is 5.91 Å². The first-order valence-electron chi connectivity index (χ1n) is 8.55. The van der Waals surface area contributed by atoms with E-state index >= 15 is 0 Å². The summed E-state index contributed by atoms with van der Waals surface area (Å²) in [7, 11) is 0. The Bertz CT molecular complexity index is 952. The summed E-state index contributed by atoms with van der Waals surface area (Å²) in [5, 5.41) is 10.8. The molecule has 2 aromatic carbocycles. The number of rotatable bonds is 8. The van der Waals surface area contributed by atoms with Crippen LogP contribution in [-0.4, -0.2) is 27.6 Å². The van der Waals surface area contributed by atoms with Gasteiger partial charge in [-0.25, -0.2) is 0 Å². The van der Waals surface area contributed by atoms with Crippen molar-refractivity contribution in [1.29, 1.82) is 0 Å². The minimum Gasteiger partial charge on any atom is -0.484 e. The molecule has 1 amide bonds. The van der Waals surface area contributed by atoms with Crippen molar-refractivity contribution in [3.05, 3.63) is 65.5 Å². The highest BCUT2D eigenvalue weighted by atomic mass is 32.2. The predicted molar refractivity (Wildman–Crippen MR) is 106 cm³/mol. The molecular weight excluding hydrogens is 378 g/mol. The highest BCUT2D eigenvalue weighted by molar-refractivity contribution is 7.99. The maximum atomic E-state index is 12.3. The normalized spacial score (nSPS) is 10.5. The van der Waals surface area contributed by atoms with Crippen LogP contribution in [0.15, 0.2) is 58.2 Å². The summed E-state index contributed by atoms with van der Waals surface area (Å²) < 4.78 is 11.1. The van der Waals surface area contributed by atoms with E-state index in [4.69, 9.17) is 9.15 Å². The van der Waals surface area contributed by atoms with Crippen LogP contribution in [-0.2, 0) is 11.4 Å². The van der Waals surface area contributed by atoms with Crippen LogP contribution in [0.4, 0.5) is 5.69 Å². The van der Waals surface area contributed by atoms with Gasteiger partial charge in [-0.2, -0.15) is 0 Å². The Labute approximate surface area is 166 Å². The van der Waals surface area contributed by atoms with Crippen molar-refractivity contribution in [3.8, 4) is 5.75 Å². The van der Waals surface area contributed by atoms with Gasteiger partial charge in [-0.15, -0.1) is 10.2 Å². The van der Waals surface area contributed by atoms with Crippen molar-refractivity contribution in [2.75, 3.05) is 11.1 Å². The summed E-state index contributed by atoms with van der Waals surface area (Å²) in [6.45, 7) is 3.60. The molecular formula is C20H19N3O4S. The molecule has 7 nitrogen and oxygen atoms in total. The molecule has 0 aliphatic carbocycles. The van der Waals surface area contributed by atoms with Crippen molar-refractivity contribution in [1.82, 2.24) is 10.2 Å². The number of ether oxygens (including phenoxy) is 1. The fraction of sp³-hybridized carbons (Fsp3) is 0.200. The Balaban J connectivity index is 1.48. The summed E-state index contributed by atoms with van der Waals surface area (Å²) in [4.78, 5) is 23.3. The molecule has 8 heteroatoms. The third-order valence-electron chi connectivity index (χ3n) is 3.69. The fourth-order valence-corrected chi connectivity index (χ4v) is 2.96. The van der Waals surface area contributed by atoms with Gasteiger partial charge in [0.1, 0.15) is 5.75 Å². The molecule has 144 valence electrons. The monoisotopic (exact) mass is 397 g/mol. The second kappa shape index (κ2) is 9.18. The molecule has 0 bridgehead atoms. The molecule has 3 aromatic rings. The summed E-state index contributed by atoms with van der Waals surface area (Å²) in [5.41, 5.74) is 2.34. The summed E-state index contributed by atoms with van der Waals surface area (Å²) in [6, 6.07) is 14.4. The van der Waals surface area contributed by atoms with E-state index in [9.17, 15) is 9.59 Å². The van der Waals surface area contributed by atoms with E-state index in [2.05, 4.69) is 15.5 Å². The highest BCUT2D eigenvalue weighted by Crippen LogP contribution is 2.20. The number of hydrogen-bond acceptors (Lipinski definition) is 7. The lowest BCUT2D eigenvalue weighted by Crippen LogP contribution is -2.07. The number of amides is 1. The van der Waals surface area contributed by atoms with Gasteiger partial charge < -0.3 is 14.5 Å². The standard InChI is InChI=1S/C20H19N3O4S/c1-13-3-9-17(10-4-13)26-11-19-22-23-20(27-19)28-12-18(25)15-5-7-16(8-6-15)21-14(2)24/h3-10H,11-12H2,1-2H3,(H,21,24). The molecule has 3 rings (SSSR count). The van der Waals surface area contributed by atoms with E-state index in [0.29, 0.717) is 22.4 Å². The van der Waals surface area contributed by atoms with E-state index in [1.165, 1.54) is 18.7 Å². The fourth-order valence-electron chi connectivity index (χ4n) is 2.29. The van der Waals surface area contributed by atoms with Gasteiger partial charge in [0, 0.05) is 18.2 Å². The Morgan fingerprint density at radius 1 is 1.07 bits per heavy atom. The molecule has 1 heterocycles. The molecule has 0 radical (unpaired) electrons. The van der Waals surface area contributed by atoms with Crippen molar-refractivity contribution in [2.45, 2.75) is 25.7 Å². The SMILES string of the molecule is CC(=O)Nc1ccc(C(=O)CSc2nnc(COc3ccc(C)cc3)o2)cc1. The molecule has 0 aliphatic rings. The molecule has 0 atom stereocenters. The maximum absolute atomic E-state index is 12.3. The first-order chi connectivity index (χ1) is 13.5. The van der Waals surface area contributed by atoms with E-state index in [0.717, 1.165) is 11.3 Å². The Hall–Kier alpha value is -3.13.